The first-order valence-electron chi connectivity index (χ1n) is 7.47. The Morgan fingerprint density at radius 2 is 1.96 bits per heavy atom. The number of halogens is 1. The van der Waals surface area contributed by atoms with Gasteiger partial charge >= 0.3 is 0 Å². The standard InChI is InChI=1S/C17H20BrN3O3/c1-12-5-6-13(8-15(12)18)20-17(23)11-21(2)10-16(22)19-9-14-4-3-7-24-14/h3-8H,9-11H2,1-2H3,(H,19,22)(H,20,23). The lowest BCUT2D eigenvalue weighted by Gasteiger charge is -2.16. The predicted octanol–water partition coefficient (Wildman–Crippen LogP) is 2.54. The summed E-state index contributed by atoms with van der Waals surface area (Å²) in [4.78, 5) is 25.5. The van der Waals surface area contributed by atoms with Crippen LogP contribution in [-0.4, -0.2) is 36.9 Å². The molecule has 0 spiro atoms. The van der Waals surface area contributed by atoms with Gasteiger partial charge in [-0.3, -0.25) is 14.5 Å². The summed E-state index contributed by atoms with van der Waals surface area (Å²) in [6.45, 7) is 2.57. The van der Waals surface area contributed by atoms with Crippen LogP contribution in [-0.2, 0) is 16.1 Å². The highest BCUT2D eigenvalue weighted by atomic mass is 79.9. The first-order chi connectivity index (χ1) is 11.4. The molecule has 7 heteroatoms. The van der Waals surface area contributed by atoms with Crippen LogP contribution in [0.5, 0.6) is 0 Å². The molecule has 0 aliphatic rings. The van der Waals surface area contributed by atoms with Crippen LogP contribution in [0.4, 0.5) is 5.69 Å². The van der Waals surface area contributed by atoms with Gasteiger partial charge in [-0.25, -0.2) is 0 Å². The van der Waals surface area contributed by atoms with E-state index in [0.29, 0.717) is 18.0 Å². The molecule has 2 amide bonds. The van der Waals surface area contributed by atoms with Crippen molar-refractivity contribution in [1.82, 2.24) is 10.2 Å². The predicted molar refractivity (Wildman–Crippen MR) is 95.6 cm³/mol. The van der Waals surface area contributed by atoms with E-state index in [-0.39, 0.29) is 24.9 Å². The van der Waals surface area contributed by atoms with Gasteiger partial charge in [-0.05, 0) is 43.8 Å². The minimum Gasteiger partial charge on any atom is -0.467 e. The first-order valence-corrected chi connectivity index (χ1v) is 8.27. The van der Waals surface area contributed by atoms with Crippen molar-refractivity contribution in [3.63, 3.8) is 0 Å². The van der Waals surface area contributed by atoms with Crippen molar-refractivity contribution in [2.75, 3.05) is 25.5 Å². The number of rotatable bonds is 7. The number of hydrogen-bond acceptors (Lipinski definition) is 4. The molecule has 0 fully saturated rings. The third kappa shape index (κ3) is 5.82. The monoisotopic (exact) mass is 393 g/mol. The Kier molecular flexibility index (Phi) is 6.57. The van der Waals surface area contributed by atoms with E-state index in [9.17, 15) is 9.59 Å². The van der Waals surface area contributed by atoms with Crippen LogP contribution in [0.25, 0.3) is 0 Å². The average molecular weight is 394 g/mol. The Morgan fingerprint density at radius 1 is 1.21 bits per heavy atom. The molecule has 0 saturated heterocycles. The van der Waals surface area contributed by atoms with Crippen molar-refractivity contribution >= 4 is 33.4 Å². The third-order valence-corrected chi connectivity index (χ3v) is 4.18. The van der Waals surface area contributed by atoms with Crippen molar-refractivity contribution in [1.29, 1.82) is 0 Å². The highest BCUT2D eigenvalue weighted by Crippen LogP contribution is 2.20. The van der Waals surface area contributed by atoms with Crippen molar-refractivity contribution in [2.45, 2.75) is 13.5 Å². The number of nitrogens with one attached hydrogen (secondary N) is 2. The lowest BCUT2D eigenvalue weighted by molar-refractivity contribution is -0.123. The summed E-state index contributed by atoms with van der Waals surface area (Å²) < 4.78 is 6.08. The van der Waals surface area contributed by atoms with Crippen LogP contribution in [0.2, 0.25) is 0 Å². The minimum absolute atomic E-state index is 0.125. The number of amides is 2. The summed E-state index contributed by atoms with van der Waals surface area (Å²) in [5.74, 6) is 0.348. The molecule has 2 rings (SSSR count). The molecular formula is C17H20BrN3O3. The molecule has 1 aromatic heterocycles. The van der Waals surface area contributed by atoms with Gasteiger partial charge in [0.2, 0.25) is 11.8 Å². The van der Waals surface area contributed by atoms with Gasteiger partial charge in [-0.2, -0.15) is 0 Å². The zero-order valence-corrected chi connectivity index (χ0v) is 15.2. The number of likely N-dealkylation sites (N-methyl/N-ethyl adjacent to an activating group) is 1. The summed E-state index contributed by atoms with van der Waals surface area (Å²) in [6.07, 6.45) is 1.56. The van der Waals surface area contributed by atoms with Gasteiger partial charge in [0.1, 0.15) is 5.76 Å². The molecule has 2 aromatic rings. The number of hydrogen-bond donors (Lipinski definition) is 2. The van der Waals surface area contributed by atoms with Gasteiger partial charge in [0.05, 0.1) is 25.9 Å². The van der Waals surface area contributed by atoms with E-state index in [0.717, 1.165) is 10.0 Å². The van der Waals surface area contributed by atoms with Gasteiger partial charge in [0.15, 0.2) is 0 Å². The van der Waals surface area contributed by atoms with Crippen LogP contribution >= 0.6 is 15.9 Å². The summed E-state index contributed by atoms with van der Waals surface area (Å²) in [7, 11) is 1.72. The molecule has 0 unspecified atom stereocenters. The number of aryl methyl sites for hydroxylation is 1. The molecule has 2 N–H and O–H groups in total. The molecule has 0 aliphatic heterocycles. The molecule has 0 radical (unpaired) electrons. The molecule has 0 saturated carbocycles. The molecular weight excluding hydrogens is 374 g/mol. The van der Waals surface area contributed by atoms with Gasteiger partial charge < -0.3 is 15.1 Å². The summed E-state index contributed by atoms with van der Waals surface area (Å²) in [6, 6.07) is 9.17. The maximum absolute atomic E-state index is 12.0. The summed E-state index contributed by atoms with van der Waals surface area (Å²) >= 11 is 3.43. The van der Waals surface area contributed by atoms with Gasteiger partial charge in [0, 0.05) is 10.2 Å². The van der Waals surface area contributed by atoms with Crippen molar-refractivity contribution in [3.05, 3.63) is 52.4 Å². The lowest BCUT2D eigenvalue weighted by atomic mass is 10.2. The Morgan fingerprint density at radius 3 is 2.62 bits per heavy atom. The SMILES string of the molecule is Cc1ccc(NC(=O)CN(C)CC(=O)NCc2ccco2)cc1Br. The highest BCUT2D eigenvalue weighted by Gasteiger charge is 2.11. The topological polar surface area (TPSA) is 74.6 Å². The second kappa shape index (κ2) is 8.65. The molecule has 0 bridgehead atoms. The molecule has 0 aliphatic carbocycles. The number of nitrogens with zero attached hydrogens (tertiary/aromatic N) is 1. The van der Waals surface area contributed by atoms with Gasteiger partial charge in [0.25, 0.3) is 0 Å². The number of anilines is 1. The van der Waals surface area contributed by atoms with Crippen LogP contribution < -0.4 is 10.6 Å². The summed E-state index contributed by atoms with van der Waals surface area (Å²) in [5, 5.41) is 5.55. The first kappa shape index (κ1) is 18.2. The quantitative estimate of drug-likeness (QED) is 0.757. The zero-order valence-electron chi connectivity index (χ0n) is 13.6. The zero-order chi connectivity index (χ0) is 17.5. The van der Waals surface area contributed by atoms with E-state index < -0.39 is 0 Å². The Hall–Kier alpha value is -2.12. The van der Waals surface area contributed by atoms with Gasteiger partial charge in [-0.15, -0.1) is 0 Å². The second-order valence-electron chi connectivity index (χ2n) is 5.54. The Bertz CT molecular complexity index is 701. The smallest absolute Gasteiger partial charge is 0.238 e. The van der Waals surface area contributed by atoms with E-state index in [1.165, 1.54) is 0 Å². The number of benzene rings is 1. The maximum Gasteiger partial charge on any atom is 0.238 e. The second-order valence-corrected chi connectivity index (χ2v) is 6.39. The van der Waals surface area contributed by atoms with Crippen molar-refractivity contribution < 1.29 is 14.0 Å². The average Bonchev–Trinajstić information content (AvgIpc) is 3.02. The van der Waals surface area contributed by atoms with E-state index in [2.05, 4.69) is 26.6 Å². The molecule has 24 heavy (non-hydrogen) atoms. The minimum atomic E-state index is -0.174. The van der Waals surface area contributed by atoms with E-state index in [1.807, 2.05) is 25.1 Å². The fourth-order valence-electron chi connectivity index (χ4n) is 2.07. The molecule has 128 valence electrons. The van der Waals surface area contributed by atoms with E-state index in [4.69, 9.17) is 4.42 Å². The van der Waals surface area contributed by atoms with E-state index in [1.54, 1.807) is 30.3 Å². The van der Waals surface area contributed by atoms with Crippen LogP contribution in [0.3, 0.4) is 0 Å². The Labute approximate surface area is 149 Å². The number of carbonyl (C=O) groups is 2. The molecule has 6 nitrogen and oxygen atoms in total. The summed E-state index contributed by atoms with van der Waals surface area (Å²) in [5.41, 5.74) is 1.81. The fraction of sp³-hybridized carbons (Fsp3) is 0.294. The van der Waals surface area contributed by atoms with Crippen molar-refractivity contribution in [3.8, 4) is 0 Å². The Balaban J connectivity index is 1.74. The largest absolute Gasteiger partial charge is 0.467 e. The van der Waals surface area contributed by atoms with Crippen LogP contribution in [0.1, 0.15) is 11.3 Å². The highest BCUT2D eigenvalue weighted by molar-refractivity contribution is 9.10. The molecule has 1 heterocycles. The third-order valence-electron chi connectivity index (χ3n) is 3.32. The number of furan rings is 1. The fourth-order valence-corrected chi connectivity index (χ4v) is 2.45. The molecule has 1 aromatic carbocycles. The van der Waals surface area contributed by atoms with Crippen molar-refractivity contribution in [2.24, 2.45) is 0 Å². The maximum atomic E-state index is 12.0. The van der Waals surface area contributed by atoms with Crippen LogP contribution in [0.15, 0.2) is 45.5 Å². The molecule has 0 atom stereocenters. The number of carbonyl (C=O) groups excluding carboxylic acids is 2. The van der Waals surface area contributed by atoms with Gasteiger partial charge in [-0.1, -0.05) is 22.0 Å². The van der Waals surface area contributed by atoms with Crippen LogP contribution in [0, 0.1) is 6.92 Å². The van der Waals surface area contributed by atoms with E-state index >= 15 is 0 Å². The normalized spacial score (nSPS) is 10.7. The lowest BCUT2D eigenvalue weighted by Crippen LogP contribution is -2.38.